The summed E-state index contributed by atoms with van der Waals surface area (Å²) in [6.07, 6.45) is 0. The zero-order valence-electron chi connectivity index (χ0n) is 17.7. The molecule has 10 heteroatoms. The summed E-state index contributed by atoms with van der Waals surface area (Å²) < 4.78 is 10.3. The summed E-state index contributed by atoms with van der Waals surface area (Å²) in [6.45, 7) is 2.14. The molecule has 0 aliphatic carbocycles. The second-order valence-electron chi connectivity index (χ2n) is 6.98. The zero-order valence-corrected chi connectivity index (χ0v) is 20.7. The summed E-state index contributed by atoms with van der Waals surface area (Å²) in [7, 11) is 1.19. The number of benzene rings is 2. The number of nitriles is 1. The van der Waals surface area contributed by atoms with Gasteiger partial charge in [-0.15, -0.1) is 11.8 Å². The van der Waals surface area contributed by atoms with Crippen molar-refractivity contribution in [2.75, 3.05) is 13.7 Å². The summed E-state index contributed by atoms with van der Waals surface area (Å²) in [5.41, 5.74) is 1.59. The van der Waals surface area contributed by atoms with Crippen molar-refractivity contribution in [3.63, 3.8) is 0 Å². The van der Waals surface area contributed by atoms with E-state index in [9.17, 15) is 14.9 Å². The van der Waals surface area contributed by atoms with Gasteiger partial charge in [-0.2, -0.15) is 5.26 Å². The molecule has 33 heavy (non-hydrogen) atoms. The van der Waals surface area contributed by atoms with Crippen LogP contribution in [0, 0.1) is 17.2 Å². The maximum Gasteiger partial charge on any atom is 0.319 e. The van der Waals surface area contributed by atoms with Crippen molar-refractivity contribution in [2.45, 2.75) is 18.6 Å². The number of amides is 1. The molecule has 0 saturated carbocycles. The van der Waals surface area contributed by atoms with Crippen LogP contribution in [0.3, 0.4) is 0 Å². The molecule has 0 unspecified atom stereocenters. The summed E-state index contributed by atoms with van der Waals surface area (Å²) in [4.78, 5) is 25.5. The number of allylic oxidation sites excluding steroid dienone is 1. The normalized spacial score (nSPS) is 17.9. The van der Waals surface area contributed by atoms with E-state index in [4.69, 9.17) is 44.3 Å². The predicted molar refractivity (Wildman–Crippen MR) is 129 cm³/mol. The lowest BCUT2D eigenvalue weighted by Crippen LogP contribution is -2.44. The Morgan fingerprint density at radius 3 is 2.36 bits per heavy atom. The topological polar surface area (TPSA) is 88.4 Å². The Labute approximate surface area is 210 Å². The van der Waals surface area contributed by atoms with E-state index in [1.807, 2.05) is 12.1 Å². The van der Waals surface area contributed by atoms with E-state index in [-0.39, 0.29) is 15.6 Å². The second kappa shape index (κ2) is 11.2. The quantitative estimate of drug-likeness (QED) is 0.368. The average molecular weight is 526 g/mol. The summed E-state index contributed by atoms with van der Waals surface area (Å²) in [5.74, 6) is -2.81. The molecule has 0 aromatic heterocycles. The van der Waals surface area contributed by atoms with E-state index >= 15 is 0 Å². The lowest BCUT2D eigenvalue weighted by atomic mass is 9.78. The maximum absolute atomic E-state index is 13.0. The van der Waals surface area contributed by atoms with Crippen LogP contribution in [-0.2, 0) is 20.1 Å². The van der Waals surface area contributed by atoms with Gasteiger partial charge in [0.2, 0.25) is 5.91 Å². The van der Waals surface area contributed by atoms with Crippen molar-refractivity contribution in [1.82, 2.24) is 5.32 Å². The number of hydrogen-bond acceptors (Lipinski definition) is 6. The fraction of sp³-hybridized carbons (Fsp3) is 0.261. The Balaban J connectivity index is 2.07. The number of methoxy groups -OCH3 is 1. The second-order valence-corrected chi connectivity index (χ2v) is 9.22. The first-order chi connectivity index (χ1) is 15.8. The van der Waals surface area contributed by atoms with Gasteiger partial charge >= 0.3 is 5.97 Å². The van der Waals surface area contributed by atoms with Crippen molar-refractivity contribution in [3.8, 4) is 11.8 Å². The first kappa shape index (κ1) is 25.3. The third-order valence-corrected chi connectivity index (χ3v) is 6.85. The van der Waals surface area contributed by atoms with Crippen molar-refractivity contribution >= 4 is 58.4 Å². The van der Waals surface area contributed by atoms with E-state index in [0.29, 0.717) is 33.7 Å². The van der Waals surface area contributed by atoms with Crippen LogP contribution in [0.25, 0.3) is 0 Å². The predicted octanol–water partition coefficient (Wildman–Crippen LogP) is 5.72. The van der Waals surface area contributed by atoms with Gasteiger partial charge < -0.3 is 14.8 Å². The fourth-order valence-corrected chi connectivity index (χ4v) is 5.20. The minimum Gasteiger partial charge on any atom is -0.491 e. The van der Waals surface area contributed by atoms with Gasteiger partial charge in [0, 0.05) is 16.7 Å². The van der Waals surface area contributed by atoms with Gasteiger partial charge in [0.1, 0.15) is 5.92 Å². The molecule has 3 rings (SSSR count). The summed E-state index contributed by atoms with van der Waals surface area (Å²) >= 11 is 19.9. The number of rotatable bonds is 7. The molecule has 1 amide bonds. The van der Waals surface area contributed by atoms with Crippen molar-refractivity contribution in [3.05, 3.63) is 73.2 Å². The molecule has 1 N–H and O–H groups in total. The van der Waals surface area contributed by atoms with Crippen LogP contribution in [0.2, 0.25) is 15.1 Å². The van der Waals surface area contributed by atoms with Gasteiger partial charge in [0.25, 0.3) is 0 Å². The van der Waals surface area contributed by atoms with Gasteiger partial charge in [-0.3, -0.25) is 9.59 Å². The number of carbonyl (C=O) groups is 2. The minimum atomic E-state index is -1.28. The third kappa shape index (κ3) is 5.59. The highest BCUT2D eigenvalue weighted by Crippen LogP contribution is 2.44. The summed E-state index contributed by atoms with van der Waals surface area (Å²) in [5, 5.41) is 14.1. The number of thioether (sulfide) groups is 1. The molecule has 2 aromatic carbocycles. The Hall–Kier alpha value is -2.37. The SMILES string of the molecule is CCOc1c(Cl)cc([C@@H]2C(C#N)=C(SCc3ccc(Cl)cc3)NC(=O)[C@H]2C(=O)OC)cc1Cl. The first-order valence-corrected chi connectivity index (χ1v) is 11.9. The molecular weight excluding hydrogens is 507 g/mol. The van der Waals surface area contributed by atoms with Crippen LogP contribution < -0.4 is 10.1 Å². The zero-order chi connectivity index (χ0) is 24.1. The highest BCUT2D eigenvalue weighted by Gasteiger charge is 2.44. The van der Waals surface area contributed by atoms with Gasteiger partial charge in [0.15, 0.2) is 5.75 Å². The van der Waals surface area contributed by atoms with E-state index in [2.05, 4.69) is 11.4 Å². The molecule has 1 heterocycles. The van der Waals surface area contributed by atoms with Crippen molar-refractivity contribution < 1.29 is 19.1 Å². The van der Waals surface area contributed by atoms with E-state index in [1.165, 1.54) is 18.9 Å². The van der Waals surface area contributed by atoms with E-state index < -0.39 is 23.7 Å². The number of nitrogens with zero attached hydrogens (tertiary/aromatic N) is 1. The van der Waals surface area contributed by atoms with Crippen LogP contribution >= 0.6 is 46.6 Å². The number of esters is 1. The molecule has 172 valence electrons. The van der Waals surface area contributed by atoms with E-state index in [0.717, 1.165) is 5.56 Å². The molecule has 2 aromatic rings. The monoisotopic (exact) mass is 524 g/mol. The summed E-state index contributed by atoms with van der Waals surface area (Å²) in [6, 6.07) is 12.5. The Morgan fingerprint density at radius 1 is 1.18 bits per heavy atom. The molecule has 0 bridgehead atoms. The molecule has 1 aliphatic rings. The number of halogens is 3. The first-order valence-electron chi connectivity index (χ1n) is 9.82. The van der Waals surface area contributed by atoms with Crippen molar-refractivity contribution in [2.24, 2.45) is 5.92 Å². The standard InChI is InChI=1S/C23H19Cl3N2O4S/c1-3-32-20-16(25)8-13(9-17(20)26)18-15(10-27)22(28-21(29)19(18)23(30)31-2)33-11-12-4-6-14(24)7-5-12/h4-9,18-19H,3,11H2,1-2H3,(H,28,29)/t18-,19+/m1/s1. The lowest BCUT2D eigenvalue weighted by Gasteiger charge is -2.31. The molecular formula is C23H19Cl3N2O4S. The smallest absolute Gasteiger partial charge is 0.319 e. The number of nitrogens with one attached hydrogen (secondary N) is 1. The number of ether oxygens (including phenoxy) is 2. The fourth-order valence-electron chi connectivity index (χ4n) is 3.46. The average Bonchev–Trinajstić information content (AvgIpc) is 2.79. The Bertz CT molecular complexity index is 1120. The molecule has 2 atom stereocenters. The molecule has 0 saturated heterocycles. The van der Waals surface area contributed by atoms with Crippen LogP contribution in [0.15, 0.2) is 47.0 Å². The highest BCUT2D eigenvalue weighted by molar-refractivity contribution is 8.02. The van der Waals surface area contributed by atoms with Gasteiger partial charge in [-0.05, 0) is 42.3 Å². The largest absolute Gasteiger partial charge is 0.491 e. The van der Waals surface area contributed by atoms with Crippen LogP contribution in [-0.4, -0.2) is 25.6 Å². The minimum absolute atomic E-state index is 0.209. The van der Waals surface area contributed by atoms with Crippen LogP contribution in [0.1, 0.15) is 24.0 Å². The highest BCUT2D eigenvalue weighted by atomic mass is 35.5. The molecule has 6 nitrogen and oxygen atoms in total. The molecule has 0 radical (unpaired) electrons. The molecule has 0 fully saturated rings. The van der Waals surface area contributed by atoms with Crippen LogP contribution in [0.4, 0.5) is 0 Å². The van der Waals surface area contributed by atoms with E-state index in [1.54, 1.807) is 31.2 Å². The van der Waals surface area contributed by atoms with Crippen LogP contribution in [0.5, 0.6) is 5.75 Å². The lowest BCUT2D eigenvalue weighted by molar-refractivity contribution is -0.150. The third-order valence-electron chi connectivity index (χ3n) is 4.95. The van der Waals surface area contributed by atoms with Gasteiger partial charge in [0.05, 0.1) is 40.4 Å². The Kier molecular flexibility index (Phi) is 8.55. The van der Waals surface area contributed by atoms with Gasteiger partial charge in [-0.1, -0.05) is 46.9 Å². The maximum atomic E-state index is 13.0. The van der Waals surface area contributed by atoms with Gasteiger partial charge in [-0.25, -0.2) is 0 Å². The number of carbonyl (C=O) groups excluding carboxylic acids is 2. The van der Waals surface area contributed by atoms with Crippen molar-refractivity contribution in [1.29, 1.82) is 5.26 Å². The molecule has 0 spiro atoms. The Morgan fingerprint density at radius 2 is 1.82 bits per heavy atom. The number of hydrogen-bond donors (Lipinski definition) is 1. The molecule has 1 aliphatic heterocycles.